The second-order valence-corrected chi connectivity index (χ2v) is 6.58. The number of rotatable bonds is 8. The zero-order valence-corrected chi connectivity index (χ0v) is 14.0. The van der Waals surface area contributed by atoms with Gasteiger partial charge in [0.1, 0.15) is 5.82 Å². The molecule has 0 spiro atoms. The molecular weight excluding hydrogens is 260 g/mol. The first-order chi connectivity index (χ1) is 10.1. The van der Waals surface area contributed by atoms with Crippen molar-refractivity contribution in [2.45, 2.75) is 44.7 Å². The predicted molar refractivity (Wildman–Crippen MR) is 89.6 cm³/mol. The third-order valence-electron chi connectivity index (χ3n) is 4.67. The summed E-state index contributed by atoms with van der Waals surface area (Å²) in [5.41, 5.74) is 1.68. The van der Waals surface area contributed by atoms with E-state index in [2.05, 4.69) is 54.2 Å². The van der Waals surface area contributed by atoms with Crippen molar-refractivity contribution in [3.05, 3.63) is 23.9 Å². The van der Waals surface area contributed by atoms with Crippen LogP contribution in [-0.2, 0) is 6.54 Å². The number of nitrogens with one attached hydrogen (secondary N) is 1. The summed E-state index contributed by atoms with van der Waals surface area (Å²) in [7, 11) is 6.65. The van der Waals surface area contributed by atoms with Crippen molar-refractivity contribution in [2.75, 3.05) is 39.5 Å². The van der Waals surface area contributed by atoms with Crippen molar-refractivity contribution in [3.63, 3.8) is 0 Å². The van der Waals surface area contributed by atoms with Crippen molar-refractivity contribution in [1.29, 1.82) is 0 Å². The van der Waals surface area contributed by atoms with Gasteiger partial charge < -0.3 is 15.1 Å². The fraction of sp³-hybridized carbons (Fsp3) is 0.706. The normalized spacial score (nSPS) is 17.0. The van der Waals surface area contributed by atoms with Gasteiger partial charge in [-0.15, -0.1) is 0 Å². The molecule has 0 atom stereocenters. The van der Waals surface area contributed by atoms with Gasteiger partial charge in [0, 0.05) is 36.9 Å². The molecule has 1 fully saturated rings. The van der Waals surface area contributed by atoms with Gasteiger partial charge in [-0.1, -0.05) is 13.0 Å². The highest BCUT2D eigenvalue weighted by Gasteiger charge is 2.39. The summed E-state index contributed by atoms with van der Waals surface area (Å²) in [5.74, 6) is 1.04. The van der Waals surface area contributed by atoms with Crippen LogP contribution in [0.3, 0.4) is 0 Å². The molecule has 1 heterocycles. The molecule has 1 N–H and O–H groups in total. The third-order valence-corrected chi connectivity index (χ3v) is 4.67. The van der Waals surface area contributed by atoms with Crippen LogP contribution < -0.4 is 5.32 Å². The van der Waals surface area contributed by atoms with Crippen LogP contribution in [0, 0.1) is 0 Å². The summed E-state index contributed by atoms with van der Waals surface area (Å²) in [6.07, 6.45) is 6.99. The summed E-state index contributed by atoms with van der Waals surface area (Å²) >= 11 is 0. The van der Waals surface area contributed by atoms with E-state index >= 15 is 0 Å². The fourth-order valence-electron chi connectivity index (χ4n) is 3.15. The lowest BCUT2D eigenvalue weighted by atomic mass is 9.75. The Morgan fingerprint density at radius 1 is 1.29 bits per heavy atom. The zero-order chi connectivity index (χ0) is 15.3. The van der Waals surface area contributed by atoms with E-state index < -0.39 is 0 Å². The van der Waals surface area contributed by atoms with Gasteiger partial charge >= 0.3 is 0 Å². The van der Waals surface area contributed by atoms with E-state index in [1.54, 1.807) is 0 Å². The Balaban J connectivity index is 1.97. The van der Waals surface area contributed by atoms with Crippen LogP contribution in [0.25, 0.3) is 0 Å². The quantitative estimate of drug-likeness (QED) is 0.798. The number of hydrogen-bond acceptors (Lipinski definition) is 4. The first-order valence-corrected chi connectivity index (χ1v) is 8.11. The lowest BCUT2D eigenvalue weighted by molar-refractivity contribution is 0.0259. The number of aromatic nitrogens is 1. The molecule has 0 unspecified atom stereocenters. The van der Waals surface area contributed by atoms with Crippen LogP contribution in [0.5, 0.6) is 0 Å². The number of hydrogen-bond donors (Lipinski definition) is 1. The topological polar surface area (TPSA) is 31.4 Å². The number of pyridine rings is 1. The van der Waals surface area contributed by atoms with E-state index in [9.17, 15) is 0 Å². The largest absolute Gasteiger partial charge is 0.370 e. The van der Waals surface area contributed by atoms with Gasteiger partial charge in [-0.3, -0.25) is 0 Å². The molecule has 118 valence electrons. The smallest absolute Gasteiger partial charge is 0.130 e. The van der Waals surface area contributed by atoms with E-state index in [0.717, 1.165) is 31.9 Å². The lowest BCUT2D eigenvalue weighted by Crippen LogP contribution is -2.56. The van der Waals surface area contributed by atoms with Gasteiger partial charge in [0.25, 0.3) is 0 Å². The average Bonchev–Trinajstić information content (AvgIpc) is 2.41. The van der Waals surface area contributed by atoms with Gasteiger partial charge in [0.2, 0.25) is 0 Å². The van der Waals surface area contributed by atoms with Crippen molar-refractivity contribution in [3.8, 4) is 0 Å². The molecule has 0 radical (unpaired) electrons. The standard InChI is InChI=1S/C17H30N4/c1-5-11-18-16-15(8-6-12-19-16)13-21(4)14-17(20(2)3)9-7-10-17/h6,8,12H,5,7,9-11,13-14H2,1-4H3,(H,18,19). The Hall–Kier alpha value is -1.13. The number of likely N-dealkylation sites (N-methyl/N-ethyl adjacent to an activating group) is 2. The Morgan fingerprint density at radius 2 is 2.05 bits per heavy atom. The molecule has 1 aliphatic rings. The highest BCUT2D eigenvalue weighted by molar-refractivity contribution is 5.43. The van der Waals surface area contributed by atoms with Crippen LogP contribution in [0.15, 0.2) is 18.3 Å². The molecule has 0 saturated heterocycles. The molecule has 1 aromatic heterocycles. The predicted octanol–water partition coefficient (Wildman–Crippen LogP) is 2.82. The molecule has 4 heteroatoms. The van der Waals surface area contributed by atoms with E-state index in [1.165, 1.54) is 24.8 Å². The Morgan fingerprint density at radius 3 is 2.62 bits per heavy atom. The maximum Gasteiger partial charge on any atom is 0.130 e. The van der Waals surface area contributed by atoms with Gasteiger partial charge in [0.15, 0.2) is 0 Å². The van der Waals surface area contributed by atoms with Crippen LogP contribution in [0.2, 0.25) is 0 Å². The monoisotopic (exact) mass is 290 g/mol. The fourth-order valence-corrected chi connectivity index (χ4v) is 3.15. The second-order valence-electron chi connectivity index (χ2n) is 6.58. The van der Waals surface area contributed by atoms with Crippen molar-refractivity contribution in [1.82, 2.24) is 14.8 Å². The van der Waals surface area contributed by atoms with Gasteiger partial charge in [-0.2, -0.15) is 0 Å². The lowest BCUT2D eigenvalue weighted by Gasteiger charge is -2.49. The van der Waals surface area contributed by atoms with E-state index in [-0.39, 0.29) is 0 Å². The van der Waals surface area contributed by atoms with Gasteiger partial charge in [0.05, 0.1) is 0 Å². The minimum absolute atomic E-state index is 0.383. The molecule has 2 rings (SSSR count). The summed E-state index contributed by atoms with van der Waals surface area (Å²) in [4.78, 5) is 9.33. The maximum absolute atomic E-state index is 4.49. The van der Waals surface area contributed by atoms with Crippen LogP contribution in [-0.4, -0.2) is 54.6 Å². The molecule has 21 heavy (non-hydrogen) atoms. The number of anilines is 1. The third kappa shape index (κ3) is 3.95. The van der Waals surface area contributed by atoms with Gasteiger partial charge in [-0.05, 0) is 52.9 Å². The van der Waals surface area contributed by atoms with E-state index in [4.69, 9.17) is 0 Å². The molecule has 0 amide bonds. The molecule has 1 aliphatic carbocycles. The summed E-state index contributed by atoms with van der Waals surface area (Å²) < 4.78 is 0. The molecule has 1 aromatic rings. The molecule has 0 bridgehead atoms. The molecule has 4 nitrogen and oxygen atoms in total. The Labute approximate surface area is 129 Å². The molecular formula is C17H30N4. The summed E-state index contributed by atoms with van der Waals surface area (Å²) in [5, 5.41) is 3.43. The van der Waals surface area contributed by atoms with Crippen LogP contribution >= 0.6 is 0 Å². The first kappa shape index (κ1) is 16.2. The first-order valence-electron chi connectivity index (χ1n) is 8.11. The molecule has 0 aromatic carbocycles. The highest BCUT2D eigenvalue weighted by atomic mass is 15.2. The maximum atomic E-state index is 4.49. The molecule has 0 aliphatic heterocycles. The van der Waals surface area contributed by atoms with E-state index in [1.807, 2.05) is 12.3 Å². The van der Waals surface area contributed by atoms with Gasteiger partial charge in [-0.25, -0.2) is 4.98 Å². The van der Waals surface area contributed by atoms with Crippen molar-refractivity contribution >= 4 is 5.82 Å². The number of nitrogens with zero attached hydrogens (tertiary/aromatic N) is 3. The van der Waals surface area contributed by atoms with E-state index in [0.29, 0.717) is 5.54 Å². The highest BCUT2D eigenvalue weighted by Crippen LogP contribution is 2.36. The average molecular weight is 290 g/mol. The second kappa shape index (κ2) is 7.23. The summed E-state index contributed by atoms with van der Waals surface area (Å²) in [6.45, 7) is 5.24. The Kier molecular flexibility index (Phi) is 5.59. The van der Waals surface area contributed by atoms with Crippen LogP contribution in [0.1, 0.15) is 38.2 Å². The van der Waals surface area contributed by atoms with Crippen molar-refractivity contribution < 1.29 is 0 Å². The SMILES string of the molecule is CCCNc1ncccc1CN(C)CC1(N(C)C)CCC1. The minimum atomic E-state index is 0.383. The zero-order valence-electron chi connectivity index (χ0n) is 14.0. The minimum Gasteiger partial charge on any atom is -0.370 e. The molecule has 1 saturated carbocycles. The Bertz CT molecular complexity index is 440. The van der Waals surface area contributed by atoms with Crippen molar-refractivity contribution in [2.24, 2.45) is 0 Å². The summed E-state index contributed by atoms with van der Waals surface area (Å²) in [6, 6.07) is 4.22. The van der Waals surface area contributed by atoms with Crippen LogP contribution in [0.4, 0.5) is 5.82 Å².